The summed E-state index contributed by atoms with van der Waals surface area (Å²) >= 11 is 0. The predicted molar refractivity (Wildman–Crippen MR) is 142 cm³/mol. The van der Waals surface area contributed by atoms with Gasteiger partial charge in [0.05, 0.1) is 11.4 Å². The lowest BCUT2D eigenvalue weighted by atomic mass is 9.92. The van der Waals surface area contributed by atoms with Crippen LogP contribution in [0.3, 0.4) is 0 Å². The van der Waals surface area contributed by atoms with E-state index in [0.29, 0.717) is 18.1 Å². The molecule has 3 aromatic rings. The van der Waals surface area contributed by atoms with Gasteiger partial charge in [-0.1, -0.05) is 64.4 Å². The van der Waals surface area contributed by atoms with Gasteiger partial charge in [-0.3, -0.25) is 4.79 Å². The molecule has 1 aromatic heterocycles. The molecule has 0 saturated heterocycles. The van der Waals surface area contributed by atoms with Crippen LogP contribution in [0.4, 0.5) is 16.3 Å². The molecule has 0 saturated carbocycles. The van der Waals surface area contributed by atoms with E-state index in [0.717, 1.165) is 22.5 Å². The lowest BCUT2D eigenvalue weighted by Crippen LogP contribution is -2.42. The maximum Gasteiger partial charge on any atom is 0.322 e. The highest BCUT2D eigenvalue weighted by Gasteiger charge is 2.23. The standard InChI is InChI=1S/C28H37N5O2/c1-19(2)17-32(27(35)29-22-13-11-20(3)12-14-22)18-26(34)30-25-16-24(28(5,6)7)31-33(25)23-10-8-9-21(4)15-23/h8-16,19H,17-18H2,1-7H3,(H,29,35)(H,30,34). The van der Waals surface area contributed by atoms with E-state index in [4.69, 9.17) is 5.10 Å². The van der Waals surface area contributed by atoms with Gasteiger partial charge in [-0.25, -0.2) is 9.48 Å². The molecule has 35 heavy (non-hydrogen) atoms. The molecule has 0 unspecified atom stereocenters. The molecule has 2 N–H and O–H groups in total. The molecular weight excluding hydrogens is 438 g/mol. The molecule has 0 fully saturated rings. The molecule has 0 aliphatic carbocycles. The Morgan fingerprint density at radius 1 is 0.971 bits per heavy atom. The molecule has 7 nitrogen and oxygen atoms in total. The normalized spacial score (nSPS) is 11.4. The number of nitrogens with one attached hydrogen (secondary N) is 2. The van der Waals surface area contributed by atoms with Gasteiger partial charge < -0.3 is 15.5 Å². The lowest BCUT2D eigenvalue weighted by Gasteiger charge is -2.24. The lowest BCUT2D eigenvalue weighted by molar-refractivity contribution is -0.116. The first-order valence-electron chi connectivity index (χ1n) is 12.0. The van der Waals surface area contributed by atoms with Crippen molar-refractivity contribution >= 4 is 23.4 Å². The molecule has 0 aliphatic rings. The first-order chi connectivity index (χ1) is 16.4. The van der Waals surface area contributed by atoms with Crippen molar-refractivity contribution in [3.05, 3.63) is 71.4 Å². The number of benzene rings is 2. The highest BCUT2D eigenvalue weighted by Crippen LogP contribution is 2.26. The number of hydrogen-bond donors (Lipinski definition) is 2. The zero-order chi connectivity index (χ0) is 25.8. The van der Waals surface area contributed by atoms with E-state index in [-0.39, 0.29) is 29.8 Å². The highest BCUT2D eigenvalue weighted by molar-refractivity contribution is 5.96. The van der Waals surface area contributed by atoms with Gasteiger partial charge >= 0.3 is 6.03 Å². The summed E-state index contributed by atoms with van der Waals surface area (Å²) in [6.45, 7) is 14.7. The maximum absolute atomic E-state index is 13.1. The second-order valence-corrected chi connectivity index (χ2v) is 10.5. The largest absolute Gasteiger partial charge is 0.322 e. The minimum Gasteiger partial charge on any atom is -0.315 e. The molecule has 0 aliphatic heterocycles. The summed E-state index contributed by atoms with van der Waals surface area (Å²) in [7, 11) is 0. The molecule has 1 heterocycles. The fourth-order valence-corrected chi connectivity index (χ4v) is 3.65. The van der Waals surface area contributed by atoms with Crippen LogP contribution in [0.15, 0.2) is 54.6 Å². The van der Waals surface area contributed by atoms with Crippen LogP contribution >= 0.6 is 0 Å². The molecule has 0 radical (unpaired) electrons. The van der Waals surface area contributed by atoms with Crippen molar-refractivity contribution in [2.24, 2.45) is 5.92 Å². The summed E-state index contributed by atoms with van der Waals surface area (Å²) < 4.78 is 1.75. The van der Waals surface area contributed by atoms with Crippen molar-refractivity contribution in [2.45, 2.75) is 53.9 Å². The number of aromatic nitrogens is 2. The number of urea groups is 1. The number of aryl methyl sites for hydroxylation is 2. The van der Waals surface area contributed by atoms with Crippen molar-refractivity contribution in [1.29, 1.82) is 0 Å². The molecule has 3 amide bonds. The Kier molecular flexibility index (Phi) is 7.99. The van der Waals surface area contributed by atoms with Crippen molar-refractivity contribution in [3.63, 3.8) is 0 Å². The number of anilines is 2. The third-order valence-corrected chi connectivity index (χ3v) is 5.50. The highest BCUT2D eigenvalue weighted by atomic mass is 16.2. The van der Waals surface area contributed by atoms with Crippen molar-refractivity contribution in [1.82, 2.24) is 14.7 Å². The maximum atomic E-state index is 13.1. The number of nitrogens with zero attached hydrogens (tertiary/aromatic N) is 3. The topological polar surface area (TPSA) is 79.3 Å². The predicted octanol–water partition coefficient (Wildman–Crippen LogP) is 5.92. The minimum absolute atomic E-state index is 0.0697. The smallest absolute Gasteiger partial charge is 0.315 e. The monoisotopic (exact) mass is 475 g/mol. The summed E-state index contributed by atoms with van der Waals surface area (Å²) in [6.07, 6.45) is 0. The minimum atomic E-state index is -0.305. The van der Waals surface area contributed by atoms with E-state index in [1.165, 1.54) is 4.90 Å². The van der Waals surface area contributed by atoms with E-state index < -0.39 is 0 Å². The zero-order valence-corrected chi connectivity index (χ0v) is 21.8. The number of hydrogen-bond acceptors (Lipinski definition) is 3. The quantitative estimate of drug-likeness (QED) is 0.445. The van der Waals surface area contributed by atoms with Gasteiger partial charge in [0, 0.05) is 23.7 Å². The van der Waals surface area contributed by atoms with Gasteiger partial charge in [0.25, 0.3) is 0 Å². The number of carbonyl (C=O) groups excluding carboxylic acids is 2. The molecule has 0 atom stereocenters. The first kappa shape index (κ1) is 26.0. The molecule has 3 rings (SSSR count). The van der Waals surface area contributed by atoms with E-state index in [1.807, 2.05) is 82.3 Å². The Hall–Kier alpha value is -3.61. The van der Waals surface area contributed by atoms with E-state index in [2.05, 4.69) is 31.4 Å². The second kappa shape index (κ2) is 10.8. The van der Waals surface area contributed by atoms with Crippen LogP contribution in [0, 0.1) is 19.8 Å². The van der Waals surface area contributed by atoms with Crippen LogP contribution in [0.25, 0.3) is 5.69 Å². The number of rotatable bonds is 7. The van der Waals surface area contributed by atoms with E-state index >= 15 is 0 Å². The third kappa shape index (κ3) is 7.18. The van der Waals surface area contributed by atoms with E-state index in [1.54, 1.807) is 4.68 Å². The molecule has 186 valence electrons. The summed E-state index contributed by atoms with van der Waals surface area (Å²) in [6, 6.07) is 17.2. The zero-order valence-electron chi connectivity index (χ0n) is 21.8. The van der Waals surface area contributed by atoms with Crippen molar-refractivity contribution in [2.75, 3.05) is 23.7 Å². The Balaban J connectivity index is 1.81. The molecular formula is C28H37N5O2. The summed E-state index contributed by atoms with van der Waals surface area (Å²) in [4.78, 5) is 27.7. The van der Waals surface area contributed by atoms with Crippen LogP contribution in [-0.4, -0.2) is 39.7 Å². The van der Waals surface area contributed by atoms with Crippen molar-refractivity contribution in [3.8, 4) is 5.69 Å². The summed E-state index contributed by atoms with van der Waals surface area (Å²) in [5, 5.41) is 10.7. The Labute approximate surface area is 208 Å². The summed E-state index contributed by atoms with van der Waals surface area (Å²) in [5.41, 5.74) is 4.45. The van der Waals surface area contributed by atoms with Crippen LogP contribution in [0.5, 0.6) is 0 Å². The Morgan fingerprint density at radius 3 is 2.26 bits per heavy atom. The fraction of sp³-hybridized carbons (Fsp3) is 0.393. The third-order valence-electron chi connectivity index (χ3n) is 5.50. The SMILES string of the molecule is Cc1ccc(NC(=O)N(CC(=O)Nc2cc(C(C)(C)C)nn2-c2cccc(C)c2)CC(C)C)cc1. The first-order valence-corrected chi connectivity index (χ1v) is 12.0. The van der Waals surface area contributed by atoms with E-state index in [9.17, 15) is 9.59 Å². The number of carbonyl (C=O) groups is 2. The average Bonchev–Trinajstić information content (AvgIpc) is 3.19. The van der Waals surface area contributed by atoms with Gasteiger partial charge in [-0.05, 0) is 49.6 Å². The molecule has 2 aromatic carbocycles. The van der Waals surface area contributed by atoms with Crippen LogP contribution in [0.1, 0.15) is 51.4 Å². The molecule has 0 spiro atoms. The summed E-state index contributed by atoms with van der Waals surface area (Å²) in [5.74, 6) is 0.504. The van der Waals surface area contributed by atoms with Gasteiger partial charge in [0.15, 0.2) is 0 Å². The number of amides is 3. The Morgan fingerprint density at radius 2 is 1.66 bits per heavy atom. The fourth-order valence-electron chi connectivity index (χ4n) is 3.65. The van der Waals surface area contributed by atoms with Crippen molar-refractivity contribution < 1.29 is 9.59 Å². The second-order valence-electron chi connectivity index (χ2n) is 10.5. The van der Waals surface area contributed by atoms with Gasteiger partial charge in [0.2, 0.25) is 5.91 Å². The van der Waals surface area contributed by atoms with Crippen LogP contribution < -0.4 is 10.6 Å². The van der Waals surface area contributed by atoms with Gasteiger partial charge in [-0.2, -0.15) is 5.10 Å². The van der Waals surface area contributed by atoms with Gasteiger partial charge in [-0.15, -0.1) is 0 Å². The van der Waals surface area contributed by atoms with Crippen LogP contribution in [-0.2, 0) is 10.2 Å². The molecule has 0 bridgehead atoms. The van der Waals surface area contributed by atoms with Crippen LogP contribution in [0.2, 0.25) is 0 Å². The Bertz CT molecular complexity index is 1170. The molecule has 7 heteroatoms. The average molecular weight is 476 g/mol. The van der Waals surface area contributed by atoms with Gasteiger partial charge in [0.1, 0.15) is 12.4 Å².